The van der Waals surface area contributed by atoms with Gasteiger partial charge in [0.1, 0.15) is 5.82 Å². The highest BCUT2D eigenvalue weighted by Gasteiger charge is 2.13. The summed E-state index contributed by atoms with van der Waals surface area (Å²) in [5.74, 6) is -0.100. The van der Waals surface area contributed by atoms with E-state index < -0.39 is 5.97 Å². The number of benzene rings is 1. The van der Waals surface area contributed by atoms with Gasteiger partial charge in [-0.25, -0.2) is 9.48 Å². The van der Waals surface area contributed by atoms with Crippen LogP contribution in [-0.4, -0.2) is 22.9 Å². The predicted octanol–water partition coefficient (Wildman–Crippen LogP) is 1.55. The van der Waals surface area contributed by atoms with Crippen LogP contribution in [0.4, 0.5) is 5.82 Å². The maximum atomic E-state index is 11.3. The summed E-state index contributed by atoms with van der Waals surface area (Å²) >= 11 is 0. The minimum atomic E-state index is -0.498. The van der Waals surface area contributed by atoms with E-state index in [1.165, 1.54) is 17.9 Å². The molecule has 0 saturated heterocycles. The molecule has 0 unspecified atom stereocenters. The van der Waals surface area contributed by atoms with Gasteiger partial charge in [0.25, 0.3) is 0 Å². The van der Waals surface area contributed by atoms with Crippen molar-refractivity contribution in [2.45, 2.75) is 6.92 Å². The van der Waals surface area contributed by atoms with Gasteiger partial charge in [-0.1, -0.05) is 17.7 Å². The Balaban J connectivity index is 2.42. The van der Waals surface area contributed by atoms with E-state index >= 15 is 0 Å². The molecule has 0 bridgehead atoms. The molecule has 2 rings (SSSR count). The van der Waals surface area contributed by atoms with E-state index in [0.717, 1.165) is 11.3 Å². The van der Waals surface area contributed by atoms with Gasteiger partial charge in [0.05, 0.1) is 12.8 Å². The first kappa shape index (κ1) is 11.2. The summed E-state index contributed by atoms with van der Waals surface area (Å²) in [7, 11) is 1.31. The average molecular weight is 231 g/mol. The van der Waals surface area contributed by atoms with Crippen molar-refractivity contribution in [3.63, 3.8) is 0 Å². The minimum absolute atomic E-state index is 0.200. The Kier molecular flexibility index (Phi) is 2.82. The number of rotatable bonds is 2. The summed E-state index contributed by atoms with van der Waals surface area (Å²) in [4.78, 5) is 11.3. The molecular formula is C12H13N3O2. The molecule has 1 aromatic heterocycles. The van der Waals surface area contributed by atoms with Crippen LogP contribution in [0, 0.1) is 6.92 Å². The summed E-state index contributed by atoms with van der Waals surface area (Å²) in [6.07, 6.45) is 0. The highest BCUT2D eigenvalue weighted by atomic mass is 16.5. The lowest BCUT2D eigenvalue weighted by Gasteiger charge is -2.03. The monoisotopic (exact) mass is 231 g/mol. The highest BCUT2D eigenvalue weighted by molar-refractivity contribution is 5.88. The number of aryl methyl sites for hydroxylation is 1. The molecule has 0 radical (unpaired) electrons. The molecule has 88 valence electrons. The maximum Gasteiger partial charge on any atom is 0.358 e. The van der Waals surface area contributed by atoms with E-state index in [4.69, 9.17) is 5.73 Å². The van der Waals surface area contributed by atoms with Crippen LogP contribution >= 0.6 is 0 Å². The lowest BCUT2D eigenvalue weighted by molar-refractivity contribution is 0.0593. The topological polar surface area (TPSA) is 70.1 Å². The molecule has 0 aliphatic rings. The van der Waals surface area contributed by atoms with Crippen molar-refractivity contribution in [1.82, 2.24) is 9.78 Å². The van der Waals surface area contributed by atoms with E-state index in [9.17, 15) is 4.79 Å². The van der Waals surface area contributed by atoms with E-state index in [-0.39, 0.29) is 5.69 Å². The molecule has 0 amide bonds. The number of carbonyl (C=O) groups excluding carboxylic acids is 1. The van der Waals surface area contributed by atoms with Crippen LogP contribution in [0.5, 0.6) is 0 Å². The van der Waals surface area contributed by atoms with Crippen molar-refractivity contribution in [1.29, 1.82) is 0 Å². The van der Waals surface area contributed by atoms with Crippen LogP contribution in [-0.2, 0) is 4.74 Å². The second-order valence-corrected chi connectivity index (χ2v) is 3.69. The number of methoxy groups -OCH3 is 1. The first-order chi connectivity index (χ1) is 8.11. The molecule has 0 saturated carbocycles. The molecule has 0 atom stereocenters. The molecule has 2 N–H and O–H groups in total. The fraction of sp³-hybridized carbons (Fsp3) is 0.167. The van der Waals surface area contributed by atoms with Crippen LogP contribution in [0.1, 0.15) is 16.1 Å². The lowest BCUT2D eigenvalue weighted by atomic mass is 10.2. The third-order valence-corrected chi connectivity index (χ3v) is 2.41. The number of nitrogen functional groups attached to an aromatic ring is 1. The third-order valence-electron chi connectivity index (χ3n) is 2.41. The second-order valence-electron chi connectivity index (χ2n) is 3.69. The molecule has 0 spiro atoms. The molecule has 5 heteroatoms. The van der Waals surface area contributed by atoms with Crippen LogP contribution in [0.15, 0.2) is 30.3 Å². The lowest BCUT2D eigenvalue weighted by Crippen LogP contribution is -2.05. The largest absolute Gasteiger partial charge is 0.464 e. The fourth-order valence-electron chi connectivity index (χ4n) is 1.49. The molecule has 1 heterocycles. The SMILES string of the molecule is COC(=O)c1cc(N)n(-c2ccc(C)cc2)n1. The van der Waals surface area contributed by atoms with Gasteiger partial charge < -0.3 is 10.5 Å². The van der Waals surface area contributed by atoms with Gasteiger partial charge in [-0.05, 0) is 19.1 Å². The van der Waals surface area contributed by atoms with Gasteiger partial charge in [-0.3, -0.25) is 0 Å². The van der Waals surface area contributed by atoms with E-state index in [2.05, 4.69) is 9.84 Å². The number of nitrogens with two attached hydrogens (primary N) is 1. The second kappa shape index (κ2) is 4.29. The Morgan fingerprint density at radius 1 is 1.35 bits per heavy atom. The number of nitrogens with zero attached hydrogens (tertiary/aromatic N) is 2. The van der Waals surface area contributed by atoms with Crippen molar-refractivity contribution in [3.05, 3.63) is 41.6 Å². The molecular weight excluding hydrogens is 218 g/mol. The zero-order valence-corrected chi connectivity index (χ0v) is 9.68. The van der Waals surface area contributed by atoms with Crippen molar-refractivity contribution >= 4 is 11.8 Å². The smallest absolute Gasteiger partial charge is 0.358 e. The molecule has 0 fully saturated rings. The minimum Gasteiger partial charge on any atom is -0.464 e. The summed E-state index contributed by atoms with van der Waals surface area (Å²) in [6, 6.07) is 9.17. The summed E-state index contributed by atoms with van der Waals surface area (Å²) in [5, 5.41) is 4.10. The zero-order valence-electron chi connectivity index (χ0n) is 9.68. The predicted molar refractivity (Wildman–Crippen MR) is 64.1 cm³/mol. The summed E-state index contributed by atoms with van der Waals surface area (Å²) in [6.45, 7) is 2.00. The van der Waals surface area contributed by atoms with Gasteiger partial charge >= 0.3 is 5.97 Å². The van der Waals surface area contributed by atoms with E-state index in [1.807, 2.05) is 31.2 Å². The maximum absolute atomic E-state index is 11.3. The summed E-state index contributed by atoms with van der Waals surface area (Å²) < 4.78 is 6.09. The Labute approximate surface area is 98.8 Å². The molecule has 0 aliphatic heterocycles. The number of aromatic nitrogens is 2. The van der Waals surface area contributed by atoms with E-state index in [0.29, 0.717) is 5.82 Å². The van der Waals surface area contributed by atoms with Gasteiger partial charge in [-0.2, -0.15) is 5.10 Å². The quantitative estimate of drug-likeness (QED) is 0.796. The molecule has 0 aliphatic carbocycles. The van der Waals surface area contributed by atoms with Gasteiger partial charge in [0.2, 0.25) is 0 Å². The van der Waals surface area contributed by atoms with Gasteiger partial charge in [-0.15, -0.1) is 0 Å². The number of hydrogen-bond donors (Lipinski definition) is 1. The number of anilines is 1. The molecule has 17 heavy (non-hydrogen) atoms. The van der Waals surface area contributed by atoms with Gasteiger partial charge in [0, 0.05) is 6.07 Å². The van der Waals surface area contributed by atoms with Crippen LogP contribution in [0.2, 0.25) is 0 Å². The average Bonchev–Trinajstić information content (AvgIpc) is 2.71. The third kappa shape index (κ3) is 2.13. The standard InChI is InChI=1S/C12H13N3O2/c1-8-3-5-9(6-4-8)15-11(13)7-10(14-15)12(16)17-2/h3-7H,13H2,1-2H3. The Morgan fingerprint density at radius 3 is 2.59 bits per heavy atom. The zero-order chi connectivity index (χ0) is 12.4. The molecule has 1 aromatic carbocycles. The number of hydrogen-bond acceptors (Lipinski definition) is 4. The highest BCUT2D eigenvalue weighted by Crippen LogP contribution is 2.15. The fourth-order valence-corrected chi connectivity index (χ4v) is 1.49. The Hall–Kier alpha value is -2.30. The van der Waals surface area contributed by atoms with Crippen LogP contribution in [0.3, 0.4) is 0 Å². The first-order valence-corrected chi connectivity index (χ1v) is 5.12. The Bertz CT molecular complexity index is 543. The van der Waals surface area contributed by atoms with Crippen LogP contribution < -0.4 is 5.73 Å². The van der Waals surface area contributed by atoms with Crippen molar-refractivity contribution in [2.24, 2.45) is 0 Å². The van der Waals surface area contributed by atoms with E-state index in [1.54, 1.807) is 0 Å². The van der Waals surface area contributed by atoms with Crippen LogP contribution in [0.25, 0.3) is 5.69 Å². The summed E-state index contributed by atoms with van der Waals surface area (Å²) in [5.41, 5.74) is 7.95. The first-order valence-electron chi connectivity index (χ1n) is 5.12. The molecule has 2 aromatic rings. The van der Waals surface area contributed by atoms with Crippen molar-refractivity contribution in [3.8, 4) is 5.69 Å². The van der Waals surface area contributed by atoms with Crippen molar-refractivity contribution in [2.75, 3.05) is 12.8 Å². The van der Waals surface area contributed by atoms with Gasteiger partial charge in [0.15, 0.2) is 5.69 Å². The number of esters is 1. The number of carbonyl (C=O) groups is 1. The van der Waals surface area contributed by atoms with Crippen molar-refractivity contribution < 1.29 is 9.53 Å². The molecule has 5 nitrogen and oxygen atoms in total. The Morgan fingerprint density at radius 2 is 2.00 bits per heavy atom. The number of ether oxygens (including phenoxy) is 1. The normalized spacial score (nSPS) is 10.2.